The summed E-state index contributed by atoms with van der Waals surface area (Å²) in [6.07, 6.45) is 2.50. The topological polar surface area (TPSA) is 15.3 Å². The number of rotatable bonds is 4. The van der Waals surface area contributed by atoms with Crippen molar-refractivity contribution in [1.82, 2.24) is 5.32 Å². The molecule has 112 valence electrons. The van der Waals surface area contributed by atoms with Gasteiger partial charge in [-0.05, 0) is 49.4 Å². The minimum Gasteiger partial charge on any atom is -0.371 e. The molecule has 0 spiro atoms. The predicted octanol–water partition coefficient (Wildman–Crippen LogP) is 4.64. The molecule has 1 aromatic carbocycles. The van der Waals surface area contributed by atoms with Crippen molar-refractivity contribution in [3.05, 3.63) is 28.8 Å². The van der Waals surface area contributed by atoms with Gasteiger partial charge in [-0.2, -0.15) is 0 Å². The Morgan fingerprint density at radius 3 is 2.50 bits per heavy atom. The molecular formula is C17H27ClN2. The molecular weight excluding hydrogens is 268 g/mol. The molecule has 0 amide bonds. The number of nitrogens with one attached hydrogen (secondary N) is 1. The molecule has 0 bridgehead atoms. The Morgan fingerprint density at radius 1 is 1.30 bits per heavy atom. The number of hydrogen-bond acceptors (Lipinski definition) is 2. The summed E-state index contributed by atoms with van der Waals surface area (Å²) in [5, 5.41) is 4.29. The standard InChI is InChI=1S/C17H27ClN2/c1-5-19-13(2)15-7-6-14(12-16(15)18)20-10-8-17(3,4)9-11-20/h6-7,12-13,19H,5,8-11H2,1-4H3. The summed E-state index contributed by atoms with van der Waals surface area (Å²) in [5.41, 5.74) is 2.94. The second-order valence-electron chi connectivity index (χ2n) is 6.64. The van der Waals surface area contributed by atoms with Gasteiger partial charge in [-0.3, -0.25) is 0 Å². The summed E-state index contributed by atoms with van der Waals surface area (Å²) < 4.78 is 0. The van der Waals surface area contributed by atoms with Crippen LogP contribution in [0.4, 0.5) is 5.69 Å². The van der Waals surface area contributed by atoms with Gasteiger partial charge in [0.15, 0.2) is 0 Å². The van der Waals surface area contributed by atoms with E-state index in [1.54, 1.807) is 0 Å². The van der Waals surface area contributed by atoms with E-state index in [0.717, 1.165) is 24.7 Å². The van der Waals surface area contributed by atoms with Gasteiger partial charge in [0, 0.05) is 29.8 Å². The minimum atomic E-state index is 0.307. The molecule has 20 heavy (non-hydrogen) atoms. The molecule has 1 heterocycles. The third-order valence-corrected chi connectivity index (χ3v) is 4.77. The van der Waals surface area contributed by atoms with Crippen LogP contribution in [0.3, 0.4) is 0 Å². The third-order valence-electron chi connectivity index (χ3n) is 4.44. The fourth-order valence-electron chi connectivity index (χ4n) is 2.85. The molecule has 3 heteroatoms. The zero-order chi connectivity index (χ0) is 14.8. The first-order valence-electron chi connectivity index (χ1n) is 7.71. The van der Waals surface area contributed by atoms with E-state index < -0.39 is 0 Å². The SMILES string of the molecule is CCNC(C)c1ccc(N2CCC(C)(C)CC2)cc1Cl. The van der Waals surface area contributed by atoms with Crippen molar-refractivity contribution in [2.75, 3.05) is 24.5 Å². The summed E-state index contributed by atoms with van der Waals surface area (Å²) in [6, 6.07) is 6.82. The zero-order valence-electron chi connectivity index (χ0n) is 13.2. The molecule has 1 aromatic rings. The maximum atomic E-state index is 6.47. The van der Waals surface area contributed by atoms with Crippen LogP contribution < -0.4 is 10.2 Å². The van der Waals surface area contributed by atoms with Crippen molar-refractivity contribution in [2.45, 2.75) is 46.6 Å². The zero-order valence-corrected chi connectivity index (χ0v) is 13.9. The first kappa shape index (κ1) is 15.7. The molecule has 0 aliphatic carbocycles. The summed E-state index contributed by atoms with van der Waals surface area (Å²) in [4.78, 5) is 2.46. The predicted molar refractivity (Wildman–Crippen MR) is 88.8 cm³/mol. The van der Waals surface area contributed by atoms with E-state index >= 15 is 0 Å². The van der Waals surface area contributed by atoms with Crippen LogP contribution in [-0.4, -0.2) is 19.6 Å². The summed E-state index contributed by atoms with van der Waals surface area (Å²) in [5.74, 6) is 0. The van der Waals surface area contributed by atoms with Crippen molar-refractivity contribution in [3.63, 3.8) is 0 Å². The van der Waals surface area contributed by atoms with Gasteiger partial charge in [-0.15, -0.1) is 0 Å². The maximum absolute atomic E-state index is 6.47. The number of benzene rings is 1. The van der Waals surface area contributed by atoms with Gasteiger partial charge in [0.1, 0.15) is 0 Å². The summed E-state index contributed by atoms with van der Waals surface area (Å²) in [7, 11) is 0. The van der Waals surface area contributed by atoms with E-state index in [-0.39, 0.29) is 0 Å². The largest absolute Gasteiger partial charge is 0.371 e. The van der Waals surface area contributed by atoms with Crippen LogP contribution >= 0.6 is 11.6 Å². The Labute approximate surface area is 128 Å². The van der Waals surface area contributed by atoms with Crippen molar-refractivity contribution >= 4 is 17.3 Å². The Balaban J connectivity index is 2.09. The third kappa shape index (κ3) is 3.67. The quantitative estimate of drug-likeness (QED) is 0.870. The van der Waals surface area contributed by atoms with Gasteiger partial charge < -0.3 is 10.2 Å². The molecule has 1 saturated heterocycles. The van der Waals surface area contributed by atoms with Crippen LogP contribution in [0.2, 0.25) is 5.02 Å². The van der Waals surface area contributed by atoms with Crippen LogP contribution in [-0.2, 0) is 0 Å². The number of anilines is 1. The molecule has 1 aliphatic heterocycles. The first-order chi connectivity index (χ1) is 9.43. The molecule has 0 saturated carbocycles. The smallest absolute Gasteiger partial charge is 0.0474 e. The van der Waals surface area contributed by atoms with Crippen molar-refractivity contribution in [2.24, 2.45) is 5.41 Å². The van der Waals surface area contributed by atoms with E-state index in [9.17, 15) is 0 Å². The summed E-state index contributed by atoms with van der Waals surface area (Å²) in [6.45, 7) is 12.2. The summed E-state index contributed by atoms with van der Waals surface area (Å²) >= 11 is 6.47. The lowest BCUT2D eigenvalue weighted by Crippen LogP contribution is -2.37. The highest BCUT2D eigenvalue weighted by Crippen LogP contribution is 2.34. The second kappa shape index (κ2) is 6.36. The van der Waals surface area contributed by atoms with Crippen LogP contribution in [0.1, 0.15) is 52.1 Å². The molecule has 1 fully saturated rings. The lowest BCUT2D eigenvalue weighted by atomic mass is 9.82. The minimum absolute atomic E-state index is 0.307. The van der Waals surface area contributed by atoms with Crippen LogP contribution in [0.25, 0.3) is 0 Å². The van der Waals surface area contributed by atoms with E-state index in [0.29, 0.717) is 11.5 Å². The van der Waals surface area contributed by atoms with Crippen molar-refractivity contribution in [3.8, 4) is 0 Å². The molecule has 1 atom stereocenters. The number of piperidine rings is 1. The lowest BCUT2D eigenvalue weighted by Gasteiger charge is -2.38. The van der Waals surface area contributed by atoms with Crippen molar-refractivity contribution < 1.29 is 0 Å². The lowest BCUT2D eigenvalue weighted by molar-refractivity contribution is 0.280. The van der Waals surface area contributed by atoms with Gasteiger partial charge in [-0.1, -0.05) is 38.4 Å². The van der Waals surface area contributed by atoms with Gasteiger partial charge in [0.2, 0.25) is 0 Å². The molecule has 1 N–H and O–H groups in total. The first-order valence-corrected chi connectivity index (χ1v) is 8.08. The highest BCUT2D eigenvalue weighted by molar-refractivity contribution is 6.31. The highest BCUT2D eigenvalue weighted by atomic mass is 35.5. The van der Waals surface area contributed by atoms with E-state index in [1.807, 2.05) is 0 Å². The van der Waals surface area contributed by atoms with E-state index in [1.165, 1.54) is 24.1 Å². The van der Waals surface area contributed by atoms with Crippen molar-refractivity contribution in [1.29, 1.82) is 0 Å². The molecule has 0 radical (unpaired) electrons. The maximum Gasteiger partial charge on any atom is 0.0474 e. The molecule has 1 unspecified atom stereocenters. The van der Waals surface area contributed by atoms with Gasteiger partial charge in [0.05, 0.1) is 0 Å². The normalized spacial score (nSPS) is 19.9. The Hall–Kier alpha value is -0.730. The van der Waals surface area contributed by atoms with Crippen LogP contribution in [0.15, 0.2) is 18.2 Å². The monoisotopic (exact) mass is 294 g/mol. The Morgan fingerprint density at radius 2 is 1.95 bits per heavy atom. The number of halogens is 1. The molecule has 2 nitrogen and oxygen atoms in total. The average Bonchev–Trinajstić information content (AvgIpc) is 2.38. The fraction of sp³-hybridized carbons (Fsp3) is 0.647. The van der Waals surface area contributed by atoms with Crippen LogP contribution in [0.5, 0.6) is 0 Å². The molecule has 2 rings (SSSR count). The van der Waals surface area contributed by atoms with Crippen LogP contribution in [0, 0.1) is 5.41 Å². The fourth-order valence-corrected chi connectivity index (χ4v) is 3.19. The van der Waals surface area contributed by atoms with E-state index in [2.05, 4.69) is 56.1 Å². The number of hydrogen-bond donors (Lipinski definition) is 1. The Bertz CT molecular complexity index is 446. The average molecular weight is 295 g/mol. The van der Waals surface area contributed by atoms with Gasteiger partial charge >= 0.3 is 0 Å². The number of nitrogens with zero attached hydrogens (tertiary/aromatic N) is 1. The second-order valence-corrected chi connectivity index (χ2v) is 7.04. The van der Waals surface area contributed by atoms with Gasteiger partial charge in [0.25, 0.3) is 0 Å². The van der Waals surface area contributed by atoms with Gasteiger partial charge in [-0.25, -0.2) is 0 Å². The van der Waals surface area contributed by atoms with E-state index in [4.69, 9.17) is 11.6 Å². The Kier molecular flexibility index (Phi) is 4.98. The highest BCUT2D eigenvalue weighted by Gasteiger charge is 2.25. The molecule has 0 aromatic heterocycles. The molecule has 1 aliphatic rings.